The third-order valence-electron chi connectivity index (χ3n) is 3.84. The Hall–Kier alpha value is -3.41. The van der Waals surface area contributed by atoms with Crippen LogP contribution in [0.1, 0.15) is 23.0 Å². The van der Waals surface area contributed by atoms with Crippen molar-refractivity contribution in [3.63, 3.8) is 0 Å². The Morgan fingerprint density at radius 2 is 1.85 bits per heavy atom. The molecule has 3 rings (SSSR count). The number of amides is 2. The average Bonchev–Trinajstić information content (AvgIpc) is 2.67. The monoisotopic (exact) mass is 348 g/mol. The van der Waals surface area contributed by atoms with Crippen molar-refractivity contribution in [2.75, 3.05) is 12.4 Å². The number of aromatic nitrogens is 2. The molecule has 1 aromatic carbocycles. The van der Waals surface area contributed by atoms with Crippen molar-refractivity contribution in [2.45, 2.75) is 13.0 Å². The van der Waals surface area contributed by atoms with Crippen LogP contribution in [0, 0.1) is 6.92 Å². The number of nitrogens with one attached hydrogen (secondary N) is 2. The van der Waals surface area contributed by atoms with Gasteiger partial charge in [0.25, 0.3) is 0 Å². The van der Waals surface area contributed by atoms with Crippen molar-refractivity contribution in [3.8, 4) is 5.75 Å². The van der Waals surface area contributed by atoms with Gasteiger partial charge < -0.3 is 10.1 Å². The molecule has 3 aromatic rings. The minimum absolute atomic E-state index is 0.371. The zero-order valence-electron chi connectivity index (χ0n) is 14.6. The maximum atomic E-state index is 12.5. The summed E-state index contributed by atoms with van der Waals surface area (Å²) in [7, 11) is 1.60. The summed E-state index contributed by atoms with van der Waals surface area (Å²) in [6.07, 6.45) is 1.69. The van der Waals surface area contributed by atoms with Gasteiger partial charge in [0, 0.05) is 17.5 Å². The summed E-state index contributed by atoms with van der Waals surface area (Å²) >= 11 is 0. The van der Waals surface area contributed by atoms with E-state index in [-0.39, 0.29) is 6.03 Å². The number of anilines is 1. The van der Waals surface area contributed by atoms with Gasteiger partial charge in [-0.3, -0.25) is 10.3 Å². The molecule has 0 radical (unpaired) electrons. The quantitative estimate of drug-likeness (QED) is 0.737. The second-order valence-corrected chi connectivity index (χ2v) is 5.69. The van der Waals surface area contributed by atoms with Crippen LogP contribution in [0.4, 0.5) is 10.6 Å². The zero-order chi connectivity index (χ0) is 18.4. The summed E-state index contributed by atoms with van der Waals surface area (Å²) in [4.78, 5) is 21.2. The first-order chi connectivity index (χ1) is 12.7. The highest BCUT2D eigenvalue weighted by atomic mass is 16.5. The van der Waals surface area contributed by atoms with Crippen molar-refractivity contribution >= 4 is 11.8 Å². The molecule has 2 aromatic heterocycles. The summed E-state index contributed by atoms with van der Waals surface area (Å²) in [5.41, 5.74) is 2.36. The second kappa shape index (κ2) is 8.11. The molecule has 0 fully saturated rings. The molecule has 0 saturated heterocycles. The van der Waals surface area contributed by atoms with Crippen LogP contribution in [0.25, 0.3) is 0 Å². The third-order valence-corrected chi connectivity index (χ3v) is 3.84. The number of aryl methyl sites for hydroxylation is 1. The van der Waals surface area contributed by atoms with Crippen LogP contribution in [-0.4, -0.2) is 23.1 Å². The summed E-state index contributed by atoms with van der Waals surface area (Å²) < 4.78 is 5.45. The van der Waals surface area contributed by atoms with E-state index in [2.05, 4.69) is 20.6 Å². The Morgan fingerprint density at radius 1 is 1.04 bits per heavy atom. The fraction of sp³-hybridized carbons (Fsp3) is 0.150. The van der Waals surface area contributed by atoms with Crippen molar-refractivity contribution in [3.05, 3.63) is 83.8 Å². The summed E-state index contributed by atoms with van der Waals surface area (Å²) in [6, 6.07) is 17.7. The van der Waals surface area contributed by atoms with Gasteiger partial charge in [0.15, 0.2) is 0 Å². The van der Waals surface area contributed by atoms with Crippen molar-refractivity contribution in [2.24, 2.45) is 0 Å². The van der Waals surface area contributed by atoms with E-state index >= 15 is 0 Å². The van der Waals surface area contributed by atoms with Gasteiger partial charge in [-0.1, -0.05) is 30.3 Å². The number of urea groups is 1. The number of para-hydroxylation sites is 1. The molecule has 0 aliphatic carbocycles. The lowest BCUT2D eigenvalue weighted by molar-refractivity contribution is 0.249. The van der Waals surface area contributed by atoms with Gasteiger partial charge in [-0.05, 0) is 37.3 Å². The molecule has 6 nitrogen and oxygen atoms in total. The van der Waals surface area contributed by atoms with Crippen molar-refractivity contribution in [1.29, 1.82) is 0 Å². The highest BCUT2D eigenvalue weighted by Gasteiger charge is 2.21. The molecule has 26 heavy (non-hydrogen) atoms. The van der Waals surface area contributed by atoms with E-state index in [0.29, 0.717) is 17.3 Å². The number of ether oxygens (including phenoxy) is 1. The summed E-state index contributed by atoms with van der Waals surface area (Å²) in [5, 5.41) is 5.72. The largest absolute Gasteiger partial charge is 0.496 e. The smallest absolute Gasteiger partial charge is 0.321 e. The van der Waals surface area contributed by atoms with E-state index in [1.807, 2.05) is 61.5 Å². The van der Waals surface area contributed by atoms with Gasteiger partial charge in [-0.2, -0.15) is 0 Å². The van der Waals surface area contributed by atoms with Gasteiger partial charge in [-0.15, -0.1) is 0 Å². The molecule has 0 aliphatic rings. The summed E-state index contributed by atoms with van der Waals surface area (Å²) in [5.74, 6) is 1.17. The standard InChI is InChI=1S/C20H20N4O2/c1-14-8-7-12-18(22-14)23-20(25)24-19(16-10-5-6-13-21-16)15-9-3-4-11-17(15)26-2/h3-13,19H,1-2H3,(H2,22,23,24,25). The molecule has 0 saturated carbocycles. The lowest BCUT2D eigenvalue weighted by Gasteiger charge is -2.21. The van der Waals surface area contributed by atoms with E-state index in [9.17, 15) is 4.79 Å². The lowest BCUT2D eigenvalue weighted by atomic mass is 10.0. The molecular weight excluding hydrogens is 328 g/mol. The molecule has 2 heterocycles. The molecule has 132 valence electrons. The molecule has 0 spiro atoms. The molecule has 6 heteroatoms. The number of carbonyl (C=O) groups excluding carboxylic acids is 1. The van der Waals surface area contributed by atoms with E-state index < -0.39 is 6.04 Å². The lowest BCUT2D eigenvalue weighted by Crippen LogP contribution is -2.34. The number of nitrogens with zero attached hydrogens (tertiary/aromatic N) is 2. The van der Waals surface area contributed by atoms with Gasteiger partial charge >= 0.3 is 6.03 Å². The van der Waals surface area contributed by atoms with E-state index in [4.69, 9.17) is 4.74 Å². The highest BCUT2D eigenvalue weighted by Crippen LogP contribution is 2.28. The molecule has 2 N–H and O–H groups in total. The number of rotatable bonds is 5. The topological polar surface area (TPSA) is 76.1 Å². The minimum atomic E-state index is -0.461. The van der Waals surface area contributed by atoms with Gasteiger partial charge in [0.05, 0.1) is 12.8 Å². The number of hydrogen-bond acceptors (Lipinski definition) is 4. The van der Waals surface area contributed by atoms with Crippen LogP contribution >= 0.6 is 0 Å². The van der Waals surface area contributed by atoms with Crippen molar-refractivity contribution in [1.82, 2.24) is 15.3 Å². The fourth-order valence-electron chi connectivity index (χ4n) is 2.66. The fourth-order valence-corrected chi connectivity index (χ4v) is 2.66. The molecule has 0 aliphatic heterocycles. The van der Waals surface area contributed by atoms with E-state index in [1.54, 1.807) is 19.4 Å². The molecular formula is C20H20N4O2. The SMILES string of the molecule is COc1ccccc1C(NC(=O)Nc1cccc(C)n1)c1ccccn1. The van der Waals surface area contributed by atoms with Crippen LogP contribution < -0.4 is 15.4 Å². The van der Waals surface area contributed by atoms with E-state index in [0.717, 1.165) is 11.3 Å². The first-order valence-electron chi connectivity index (χ1n) is 8.22. The number of pyridine rings is 2. The molecule has 2 amide bonds. The average molecular weight is 348 g/mol. The third kappa shape index (κ3) is 4.16. The number of methoxy groups -OCH3 is 1. The van der Waals surface area contributed by atoms with Gasteiger partial charge in [0.1, 0.15) is 17.6 Å². The zero-order valence-corrected chi connectivity index (χ0v) is 14.6. The molecule has 1 atom stereocenters. The predicted octanol–water partition coefficient (Wildman–Crippen LogP) is 3.70. The second-order valence-electron chi connectivity index (χ2n) is 5.69. The van der Waals surface area contributed by atoms with Crippen molar-refractivity contribution < 1.29 is 9.53 Å². The van der Waals surface area contributed by atoms with Gasteiger partial charge in [0.2, 0.25) is 0 Å². The van der Waals surface area contributed by atoms with E-state index in [1.165, 1.54) is 0 Å². The summed E-state index contributed by atoms with van der Waals surface area (Å²) in [6.45, 7) is 1.87. The highest BCUT2D eigenvalue weighted by molar-refractivity contribution is 5.88. The van der Waals surface area contributed by atoms with Crippen LogP contribution in [0.5, 0.6) is 5.75 Å². The Labute approximate surface area is 152 Å². The first kappa shape index (κ1) is 17.4. The maximum Gasteiger partial charge on any atom is 0.321 e. The predicted molar refractivity (Wildman–Crippen MR) is 100 cm³/mol. The Bertz CT molecular complexity index is 884. The maximum absolute atomic E-state index is 12.5. The first-order valence-corrected chi connectivity index (χ1v) is 8.22. The Kier molecular flexibility index (Phi) is 5.43. The van der Waals surface area contributed by atoms with Gasteiger partial charge in [-0.25, -0.2) is 9.78 Å². The normalized spacial score (nSPS) is 11.5. The van der Waals surface area contributed by atoms with Crippen LogP contribution in [0.3, 0.4) is 0 Å². The van der Waals surface area contributed by atoms with Crippen LogP contribution in [0.15, 0.2) is 66.9 Å². The Morgan fingerprint density at radius 3 is 2.58 bits per heavy atom. The molecule has 0 bridgehead atoms. The number of carbonyl (C=O) groups is 1. The Balaban J connectivity index is 1.88. The van der Waals surface area contributed by atoms with Crippen LogP contribution in [-0.2, 0) is 0 Å². The number of hydrogen-bond donors (Lipinski definition) is 2. The minimum Gasteiger partial charge on any atom is -0.496 e. The number of benzene rings is 1. The molecule has 1 unspecified atom stereocenters. The van der Waals surface area contributed by atoms with Crippen LogP contribution in [0.2, 0.25) is 0 Å².